The fourth-order valence-corrected chi connectivity index (χ4v) is 7.43. The molecule has 0 aromatic carbocycles. The summed E-state index contributed by atoms with van der Waals surface area (Å²) in [5, 5.41) is 0. The number of hydrogen-bond donors (Lipinski definition) is 0. The molecule has 6 nitrogen and oxygen atoms in total. The monoisotopic (exact) mass is 793 g/mol. The molecule has 56 heavy (non-hydrogen) atoms. The summed E-state index contributed by atoms with van der Waals surface area (Å²) in [7, 11) is 0. The standard InChI is InChI=1S/C50H96O6/c1-6-8-9-10-11-12-13-14-19-22-25-32-37-42-50(53)56-47(44-55-49(52)41-36-31-27-26-29-34-39-46(5)7-2)43-54-48(51)40-35-30-24-21-18-16-15-17-20-23-28-33-38-45(3)4/h45-47H,6-44H2,1-5H3/t46?,47-/m1/s1. The average molecular weight is 793 g/mol. The number of rotatable bonds is 44. The first-order chi connectivity index (χ1) is 27.3. The summed E-state index contributed by atoms with van der Waals surface area (Å²) in [6, 6.07) is 0. The number of hydrogen-bond acceptors (Lipinski definition) is 6. The highest BCUT2D eigenvalue weighted by Gasteiger charge is 2.19. The third-order valence-corrected chi connectivity index (χ3v) is 11.6. The lowest BCUT2D eigenvalue weighted by molar-refractivity contribution is -0.167. The van der Waals surface area contributed by atoms with Crippen LogP contribution in [-0.2, 0) is 28.6 Å². The molecule has 0 saturated heterocycles. The lowest BCUT2D eigenvalue weighted by atomic mass is 10.00. The Bertz CT molecular complexity index is 856. The van der Waals surface area contributed by atoms with Gasteiger partial charge in [-0.1, -0.05) is 234 Å². The Morgan fingerprint density at radius 3 is 1.02 bits per heavy atom. The van der Waals surface area contributed by atoms with Crippen molar-refractivity contribution in [3.63, 3.8) is 0 Å². The van der Waals surface area contributed by atoms with Crippen LogP contribution in [0, 0.1) is 11.8 Å². The minimum atomic E-state index is -0.761. The Morgan fingerprint density at radius 2 is 0.679 bits per heavy atom. The van der Waals surface area contributed by atoms with Crippen LogP contribution in [0.25, 0.3) is 0 Å². The van der Waals surface area contributed by atoms with Crippen LogP contribution in [0.5, 0.6) is 0 Å². The highest BCUT2D eigenvalue weighted by molar-refractivity contribution is 5.71. The number of esters is 3. The van der Waals surface area contributed by atoms with E-state index in [1.807, 2.05) is 0 Å². The highest BCUT2D eigenvalue weighted by atomic mass is 16.6. The van der Waals surface area contributed by atoms with Gasteiger partial charge < -0.3 is 14.2 Å². The van der Waals surface area contributed by atoms with Crippen LogP contribution in [0.15, 0.2) is 0 Å². The molecule has 0 fully saturated rings. The van der Waals surface area contributed by atoms with Crippen LogP contribution < -0.4 is 0 Å². The molecule has 0 bridgehead atoms. The van der Waals surface area contributed by atoms with Gasteiger partial charge in [-0.3, -0.25) is 14.4 Å². The third-order valence-electron chi connectivity index (χ3n) is 11.6. The van der Waals surface area contributed by atoms with Crippen LogP contribution in [0.1, 0.15) is 272 Å². The maximum Gasteiger partial charge on any atom is 0.306 e. The predicted molar refractivity (Wildman–Crippen MR) is 238 cm³/mol. The maximum atomic E-state index is 12.7. The second kappa shape index (κ2) is 43.0. The molecule has 0 aliphatic rings. The summed E-state index contributed by atoms with van der Waals surface area (Å²) in [5.41, 5.74) is 0. The Hall–Kier alpha value is -1.59. The molecule has 0 aliphatic carbocycles. The molecule has 0 N–H and O–H groups in total. The normalized spacial score (nSPS) is 12.5. The van der Waals surface area contributed by atoms with Gasteiger partial charge in [0.05, 0.1) is 0 Å². The zero-order valence-electron chi connectivity index (χ0n) is 38.3. The fraction of sp³-hybridized carbons (Fsp3) is 0.940. The molecule has 0 radical (unpaired) electrons. The largest absolute Gasteiger partial charge is 0.462 e. The number of carbonyl (C=O) groups is 3. The van der Waals surface area contributed by atoms with Crippen LogP contribution in [0.3, 0.4) is 0 Å². The van der Waals surface area contributed by atoms with Crippen LogP contribution >= 0.6 is 0 Å². The Balaban J connectivity index is 4.31. The van der Waals surface area contributed by atoms with Gasteiger partial charge in [0.15, 0.2) is 6.10 Å². The van der Waals surface area contributed by atoms with Gasteiger partial charge in [-0.2, -0.15) is 0 Å². The van der Waals surface area contributed by atoms with Gasteiger partial charge in [0.2, 0.25) is 0 Å². The maximum absolute atomic E-state index is 12.7. The molecule has 0 aliphatic heterocycles. The summed E-state index contributed by atoms with van der Waals surface area (Å²) < 4.78 is 16.8. The van der Waals surface area contributed by atoms with E-state index in [4.69, 9.17) is 14.2 Å². The number of carbonyl (C=O) groups excluding carboxylic acids is 3. The van der Waals surface area contributed by atoms with E-state index < -0.39 is 6.10 Å². The molecule has 332 valence electrons. The molecule has 0 saturated carbocycles. The van der Waals surface area contributed by atoms with Crippen molar-refractivity contribution >= 4 is 17.9 Å². The lowest BCUT2D eigenvalue weighted by Gasteiger charge is -2.18. The zero-order valence-corrected chi connectivity index (χ0v) is 38.3. The molecular formula is C50H96O6. The zero-order chi connectivity index (χ0) is 41.2. The van der Waals surface area contributed by atoms with Crippen molar-refractivity contribution in [2.75, 3.05) is 13.2 Å². The van der Waals surface area contributed by atoms with E-state index in [1.54, 1.807) is 0 Å². The van der Waals surface area contributed by atoms with Crippen LogP contribution in [0.2, 0.25) is 0 Å². The van der Waals surface area contributed by atoms with Gasteiger partial charge in [-0.15, -0.1) is 0 Å². The molecule has 0 spiro atoms. The SMILES string of the molecule is CCCCCCCCCCCCCCCC(=O)O[C@H](COC(=O)CCCCCCCCCCCCCCC(C)C)COC(=O)CCCCCCCCC(C)CC. The second-order valence-corrected chi connectivity index (χ2v) is 17.8. The fourth-order valence-electron chi connectivity index (χ4n) is 7.43. The van der Waals surface area contributed by atoms with E-state index in [2.05, 4.69) is 34.6 Å². The molecule has 2 atom stereocenters. The lowest BCUT2D eigenvalue weighted by Crippen LogP contribution is -2.30. The molecule has 0 rings (SSSR count). The van der Waals surface area contributed by atoms with E-state index in [1.165, 1.54) is 161 Å². The Labute approximate surface area is 348 Å². The molecule has 0 heterocycles. The number of unbranched alkanes of at least 4 members (excludes halogenated alkanes) is 28. The van der Waals surface area contributed by atoms with Crippen molar-refractivity contribution in [1.82, 2.24) is 0 Å². The first-order valence-electron chi connectivity index (χ1n) is 24.8. The van der Waals surface area contributed by atoms with Crippen molar-refractivity contribution in [3.8, 4) is 0 Å². The predicted octanol–water partition coefficient (Wildman–Crippen LogP) is 15.8. The van der Waals surface area contributed by atoms with E-state index in [-0.39, 0.29) is 31.1 Å². The minimum absolute atomic E-state index is 0.0647. The van der Waals surface area contributed by atoms with Crippen molar-refractivity contribution in [3.05, 3.63) is 0 Å². The van der Waals surface area contributed by atoms with Crippen molar-refractivity contribution < 1.29 is 28.6 Å². The second-order valence-electron chi connectivity index (χ2n) is 17.8. The summed E-state index contributed by atoms with van der Waals surface area (Å²) in [5.74, 6) is 0.794. The first-order valence-corrected chi connectivity index (χ1v) is 24.8. The van der Waals surface area contributed by atoms with Gasteiger partial charge in [0.25, 0.3) is 0 Å². The summed E-state index contributed by atoms with van der Waals surface area (Å²) >= 11 is 0. The third kappa shape index (κ3) is 42.0. The van der Waals surface area contributed by atoms with Gasteiger partial charge in [-0.05, 0) is 31.1 Å². The molecule has 1 unspecified atom stereocenters. The van der Waals surface area contributed by atoms with E-state index in [9.17, 15) is 14.4 Å². The summed E-state index contributed by atoms with van der Waals surface area (Å²) in [4.78, 5) is 37.8. The molecule has 0 amide bonds. The van der Waals surface area contributed by atoms with Crippen LogP contribution in [-0.4, -0.2) is 37.2 Å². The Morgan fingerprint density at radius 1 is 0.375 bits per heavy atom. The Kier molecular flexibility index (Phi) is 41.8. The smallest absolute Gasteiger partial charge is 0.306 e. The molecule has 0 aromatic heterocycles. The van der Waals surface area contributed by atoms with Crippen molar-refractivity contribution in [2.45, 2.75) is 278 Å². The summed E-state index contributed by atoms with van der Waals surface area (Å²) in [6.07, 6.45) is 42.3. The minimum Gasteiger partial charge on any atom is -0.462 e. The molecule has 0 aromatic rings. The van der Waals surface area contributed by atoms with Gasteiger partial charge in [-0.25, -0.2) is 0 Å². The summed E-state index contributed by atoms with van der Waals surface area (Å²) in [6.45, 7) is 11.3. The van der Waals surface area contributed by atoms with Gasteiger partial charge in [0, 0.05) is 19.3 Å². The van der Waals surface area contributed by atoms with E-state index >= 15 is 0 Å². The highest BCUT2D eigenvalue weighted by Crippen LogP contribution is 2.17. The topological polar surface area (TPSA) is 78.9 Å². The quantitative estimate of drug-likeness (QED) is 0.0347. The van der Waals surface area contributed by atoms with E-state index in [0.29, 0.717) is 19.3 Å². The van der Waals surface area contributed by atoms with Crippen molar-refractivity contribution in [1.29, 1.82) is 0 Å². The molecular weight excluding hydrogens is 697 g/mol. The van der Waals surface area contributed by atoms with Crippen LogP contribution in [0.4, 0.5) is 0 Å². The van der Waals surface area contributed by atoms with E-state index in [0.717, 1.165) is 69.6 Å². The van der Waals surface area contributed by atoms with Gasteiger partial charge >= 0.3 is 17.9 Å². The molecule has 6 heteroatoms. The number of ether oxygens (including phenoxy) is 3. The average Bonchev–Trinajstić information content (AvgIpc) is 3.18. The van der Waals surface area contributed by atoms with Crippen molar-refractivity contribution in [2.24, 2.45) is 11.8 Å². The van der Waals surface area contributed by atoms with Gasteiger partial charge in [0.1, 0.15) is 13.2 Å². The first kappa shape index (κ1) is 54.4.